The Hall–Kier alpha value is -1.88. The third kappa shape index (κ3) is 2.65. The van der Waals surface area contributed by atoms with Crippen LogP contribution in [-0.2, 0) is 0 Å². The minimum atomic E-state index is -0.970. The minimum absolute atomic E-state index is 0.00555. The molecule has 2 saturated heterocycles. The van der Waals surface area contributed by atoms with Gasteiger partial charge in [0.05, 0.1) is 5.56 Å². The van der Waals surface area contributed by atoms with Gasteiger partial charge in [0, 0.05) is 30.7 Å². The first-order chi connectivity index (χ1) is 10.1. The van der Waals surface area contributed by atoms with Crippen molar-refractivity contribution in [3.8, 4) is 0 Å². The minimum Gasteiger partial charge on any atom is -0.478 e. The van der Waals surface area contributed by atoms with Crippen molar-refractivity contribution in [2.75, 3.05) is 19.6 Å². The molecule has 2 fully saturated rings. The topological polar surface area (TPSA) is 60.9 Å². The molecule has 0 bridgehead atoms. The van der Waals surface area contributed by atoms with E-state index in [9.17, 15) is 9.59 Å². The van der Waals surface area contributed by atoms with E-state index in [1.165, 1.54) is 18.6 Å². The van der Waals surface area contributed by atoms with Crippen LogP contribution in [0.5, 0.6) is 0 Å². The second-order valence-electron chi connectivity index (χ2n) is 5.98. The zero-order chi connectivity index (χ0) is 15.0. The number of carbonyl (C=O) groups is 2. The molecule has 1 aromatic rings. The fourth-order valence-corrected chi connectivity index (χ4v) is 3.39. The molecule has 1 N–H and O–H groups in total. The molecule has 112 valence electrons. The van der Waals surface area contributed by atoms with Crippen LogP contribution < -0.4 is 0 Å². The summed E-state index contributed by atoms with van der Waals surface area (Å²) >= 11 is 0. The maximum Gasteiger partial charge on any atom is 0.335 e. The van der Waals surface area contributed by atoms with Gasteiger partial charge in [0.25, 0.3) is 5.91 Å². The van der Waals surface area contributed by atoms with Crippen molar-refractivity contribution in [1.29, 1.82) is 0 Å². The Labute approximate surface area is 124 Å². The van der Waals surface area contributed by atoms with Gasteiger partial charge in [-0.1, -0.05) is 0 Å². The molecule has 0 spiro atoms. The summed E-state index contributed by atoms with van der Waals surface area (Å²) in [5.41, 5.74) is 0.776. The van der Waals surface area contributed by atoms with E-state index in [-0.39, 0.29) is 17.5 Å². The number of carbonyl (C=O) groups excluding carboxylic acids is 1. The summed E-state index contributed by atoms with van der Waals surface area (Å²) in [7, 11) is 0. The van der Waals surface area contributed by atoms with Crippen molar-refractivity contribution >= 4 is 11.9 Å². The number of carboxylic acid groups (broad SMARTS) is 1. The van der Waals surface area contributed by atoms with Crippen molar-refractivity contribution in [2.45, 2.75) is 31.8 Å². The van der Waals surface area contributed by atoms with Gasteiger partial charge in [-0.05, 0) is 50.6 Å². The molecule has 2 aliphatic heterocycles. The fourth-order valence-electron chi connectivity index (χ4n) is 3.39. The predicted octanol–water partition coefficient (Wildman–Crippen LogP) is 1.69. The molecular weight excluding hydrogens is 268 g/mol. The molecule has 1 aromatic carbocycles. The average molecular weight is 288 g/mol. The van der Waals surface area contributed by atoms with E-state index in [4.69, 9.17) is 5.11 Å². The maximum absolute atomic E-state index is 12.6. The van der Waals surface area contributed by atoms with Crippen LogP contribution in [0.4, 0.5) is 0 Å². The highest BCUT2D eigenvalue weighted by Crippen LogP contribution is 2.25. The van der Waals surface area contributed by atoms with Gasteiger partial charge in [-0.15, -0.1) is 0 Å². The predicted molar refractivity (Wildman–Crippen MR) is 78.5 cm³/mol. The van der Waals surface area contributed by atoms with Gasteiger partial charge in [0.2, 0.25) is 0 Å². The fraction of sp³-hybridized carbons (Fsp3) is 0.500. The second kappa shape index (κ2) is 5.48. The lowest BCUT2D eigenvalue weighted by Crippen LogP contribution is -2.56. The highest BCUT2D eigenvalue weighted by molar-refractivity contribution is 5.96. The van der Waals surface area contributed by atoms with Gasteiger partial charge in [-0.2, -0.15) is 0 Å². The molecule has 3 rings (SSSR count). The van der Waals surface area contributed by atoms with Crippen LogP contribution in [0.2, 0.25) is 0 Å². The van der Waals surface area contributed by atoms with Crippen LogP contribution in [0.3, 0.4) is 0 Å². The largest absolute Gasteiger partial charge is 0.478 e. The van der Waals surface area contributed by atoms with E-state index in [2.05, 4.69) is 11.8 Å². The van der Waals surface area contributed by atoms with Gasteiger partial charge in [0.1, 0.15) is 0 Å². The Morgan fingerprint density at radius 1 is 1.14 bits per heavy atom. The second-order valence-corrected chi connectivity index (χ2v) is 5.98. The number of fused-ring (bicyclic) bond motifs is 1. The van der Waals surface area contributed by atoms with E-state index >= 15 is 0 Å². The molecule has 2 atom stereocenters. The summed E-state index contributed by atoms with van der Waals surface area (Å²) in [6, 6.07) is 6.89. The summed E-state index contributed by atoms with van der Waals surface area (Å²) in [5, 5.41) is 8.91. The van der Waals surface area contributed by atoms with Gasteiger partial charge < -0.3 is 10.0 Å². The molecule has 0 aromatic heterocycles. The first-order valence-electron chi connectivity index (χ1n) is 7.44. The number of benzene rings is 1. The van der Waals surface area contributed by atoms with Crippen molar-refractivity contribution < 1.29 is 14.7 Å². The molecule has 2 heterocycles. The standard InChI is InChI=1S/C16H20N2O3/c1-11-9-17-8-2-3-14(17)10-18(11)15(19)12-4-6-13(7-5-12)16(20)21/h4-7,11,14H,2-3,8-10H2,1H3,(H,20,21). The Balaban J connectivity index is 1.76. The van der Waals surface area contributed by atoms with Gasteiger partial charge >= 0.3 is 5.97 Å². The van der Waals surface area contributed by atoms with E-state index in [1.54, 1.807) is 12.1 Å². The molecule has 5 heteroatoms. The smallest absolute Gasteiger partial charge is 0.335 e. The lowest BCUT2D eigenvalue weighted by atomic mass is 10.1. The van der Waals surface area contributed by atoms with Crippen LogP contribution in [0.1, 0.15) is 40.5 Å². The Morgan fingerprint density at radius 3 is 2.48 bits per heavy atom. The van der Waals surface area contributed by atoms with Crippen LogP contribution in [-0.4, -0.2) is 58.5 Å². The quantitative estimate of drug-likeness (QED) is 0.899. The normalized spacial score (nSPS) is 25.7. The van der Waals surface area contributed by atoms with Gasteiger partial charge in [0.15, 0.2) is 0 Å². The lowest BCUT2D eigenvalue weighted by molar-refractivity contribution is 0.0395. The Bertz CT molecular complexity index is 555. The number of hydrogen-bond acceptors (Lipinski definition) is 3. The average Bonchev–Trinajstić information content (AvgIpc) is 2.93. The van der Waals surface area contributed by atoms with Gasteiger partial charge in [-0.25, -0.2) is 4.79 Å². The lowest BCUT2D eigenvalue weighted by Gasteiger charge is -2.42. The highest BCUT2D eigenvalue weighted by atomic mass is 16.4. The molecule has 0 aliphatic carbocycles. The number of aromatic carboxylic acids is 1. The SMILES string of the molecule is CC1CN2CCCC2CN1C(=O)c1ccc(C(=O)O)cc1. The summed E-state index contributed by atoms with van der Waals surface area (Å²) in [6.45, 7) is 4.94. The molecule has 0 radical (unpaired) electrons. The van der Waals surface area contributed by atoms with Crippen molar-refractivity contribution in [2.24, 2.45) is 0 Å². The number of amides is 1. The number of hydrogen-bond donors (Lipinski definition) is 1. The molecule has 5 nitrogen and oxygen atoms in total. The molecule has 21 heavy (non-hydrogen) atoms. The van der Waals surface area contributed by atoms with E-state index in [0.29, 0.717) is 11.6 Å². The third-order valence-electron chi connectivity index (χ3n) is 4.58. The zero-order valence-electron chi connectivity index (χ0n) is 12.2. The van der Waals surface area contributed by atoms with Crippen LogP contribution >= 0.6 is 0 Å². The summed E-state index contributed by atoms with van der Waals surface area (Å²) in [6.07, 6.45) is 2.38. The van der Waals surface area contributed by atoms with E-state index in [1.807, 2.05) is 4.90 Å². The van der Waals surface area contributed by atoms with Crippen LogP contribution in [0, 0.1) is 0 Å². The van der Waals surface area contributed by atoms with Crippen LogP contribution in [0.25, 0.3) is 0 Å². The summed E-state index contributed by atoms with van der Waals surface area (Å²) in [4.78, 5) is 27.9. The van der Waals surface area contributed by atoms with Crippen molar-refractivity contribution in [1.82, 2.24) is 9.80 Å². The highest BCUT2D eigenvalue weighted by Gasteiger charge is 2.36. The number of nitrogens with zero attached hydrogens (tertiary/aromatic N) is 2. The molecule has 0 saturated carbocycles. The molecular formula is C16H20N2O3. The summed E-state index contributed by atoms with van der Waals surface area (Å²) in [5.74, 6) is -0.965. The van der Waals surface area contributed by atoms with Crippen molar-refractivity contribution in [3.05, 3.63) is 35.4 Å². The third-order valence-corrected chi connectivity index (χ3v) is 4.58. The van der Waals surface area contributed by atoms with E-state index in [0.717, 1.165) is 26.1 Å². The summed E-state index contributed by atoms with van der Waals surface area (Å²) < 4.78 is 0. The first kappa shape index (κ1) is 14.1. The molecule has 1 amide bonds. The van der Waals surface area contributed by atoms with Crippen molar-refractivity contribution in [3.63, 3.8) is 0 Å². The number of carboxylic acids is 1. The zero-order valence-corrected chi connectivity index (χ0v) is 12.2. The Kier molecular flexibility index (Phi) is 3.68. The Morgan fingerprint density at radius 2 is 1.81 bits per heavy atom. The van der Waals surface area contributed by atoms with Crippen LogP contribution in [0.15, 0.2) is 24.3 Å². The van der Waals surface area contributed by atoms with E-state index < -0.39 is 5.97 Å². The number of rotatable bonds is 2. The molecule has 2 unspecified atom stereocenters. The monoisotopic (exact) mass is 288 g/mol. The molecule has 2 aliphatic rings. The number of piperazine rings is 1. The van der Waals surface area contributed by atoms with Gasteiger partial charge in [-0.3, -0.25) is 9.69 Å². The first-order valence-corrected chi connectivity index (χ1v) is 7.44. The maximum atomic E-state index is 12.6.